The molecule has 11 heteroatoms. The van der Waals surface area contributed by atoms with Gasteiger partial charge in [-0.05, 0) is 26.0 Å². The number of aromatic nitrogens is 3. The highest BCUT2D eigenvalue weighted by Gasteiger charge is 2.19. The van der Waals surface area contributed by atoms with Gasteiger partial charge in [-0.25, -0.2) is 0 Å². The molecule has 0 aliphatic heterocycles. The number of benzene rings is 2. The highest BCUT2D eigenvalue weighted by molar-refractivity contribution is 8.00. The van der Waals surface area contributed by atoms with Gasteiger partial charge in [0.2, 0.25) is 11.8 Å². The third-order valence-corrected chi connectivity index (χ3v) is 5.67. The van der Waals surface area contributed by atoms with Gasteiger partial charge in [0.15, 0.2) is 10.9 Å². The Morgan fingerprint density at radius 1 is 1.03 bits per heavy atom. The van der Waals surface area contributed by atoms with Crippen LogP contribution in [0.1, 0.15) is 19.4 Å². The Labute approximate surface area is 200 Å². The third-order valence-electron chi connectivity index (χ3n) is 4.69. The molecule has 10 nitrogen and oxygen atoms in total. The molecule has 0 spiro atoms. The zero-order chi connectivity index (χ0) is 24.8. The minimum Gasteiger partial charge on any atom is -0.497 e. The maximum absolute atomic E-state index is 12.8. The molecule has 0 aliphatic rings. The van der Waals surface area contributed by atoms with Gasteiger partial charge < -0.3 is 20.1 Å². The van der Waals surface area contributed by atoms with E-state index in [9.17, 15) is 14.4 Å². The number of rotatable bonds is 8. The third kappa shape index (κ3) is 6.13. The number of carbonyl (C=O) groups excluding carboxylic acids is 2. The fraction of sp³-hybridized carbons (Fsp3) is 0.261. The summed E-state index contributed by atoms with van der Waals surface area (Å²) in [5.41, 5.74) is 1.90. The molecule has 0 fully saturated rings. The van der Waals surface area contributed by atoms with Gasteiger partial charge in [0, 0.05) is 36.4 Å². The molecular weight excluding hydrogens is 458 g/mol. The van der Waals surface area contributed by atoms with Gasteiger partial charge in [-0.1, -0.05) is 23.4 Å². The van der Waals surface area contributed by atoms with Gasteiger partial charge in [-0.3, -0.25) is 19.4 Å². The molecule has 2 amide bonds. The number of hydrogen-bond donors (Lipinski definition) is 3. The molecule has 2 aromatic carbocycles. The minimum atomic E-state index is -0.595. The molecule has 0 saturated carbocycles. The highest BCUT2D eigenvalue weighted by Crippen LogP contribution is 2.28. The predicted octanol–water partition coefficient (Wildman–Crippen LogP) is 3.24. The maximum Gasteiger partial charge on any atom is 0.278 e. The largest absolute Gasteiger partial charge is 0.497 e. The van der Waals surface area contributed by atoms with E-state index < -0.39 is 10.8 Å². The number of hydrogen-bond acceptors (Lipinski definition) is 8. The van der Waals surface area contributed by atoms with Crippen LogP contribution in [0.3, 0.4) is 0 Å². The maximum atomic E-state index is 12.8. The van der Waals surface area contributed by atoms with Gasteiger partial charge in [0.25, 0.3) is 5.56 Å². The molecule has 0 unspecified atom stereocenters. The number of nitrogens with zero attached hydrogens (tertiary/aromatic N) is 2. The van der Waals surface area contributed by atoms with Crippen molar-refractivity contribution in [1.82, 2.24) is 15.2 Å². The number of ether oxygens (including phenoxy) is 2. The lowest BCUT2D eigenvalue weighted by Crippen LogP contribution is -2.24. The lowest BCUT2D eigenvalue weighted by atomic mass is 10.1. The van der Waals surface area contributed by atoms with Crippen LogP contribution in [0.2, 0.25) is 0 Å². The second-order valence-electron chi connectivity index (χ2n) is 7.39. The molecule has 1 aromatic heterocycles. The van der Waals surface area contributed by atoms with E-state index in [0.29, 0.717) is 28.4 Å². The van der Waals surface area contributed by atoms with Crippen LogP contribution in [0.15, 0.2) is 46.3 Å². The molecule has 3 N–H and O–H groups in total. The number of thioether (sulfide) groups is 1. The molecule has 1 heterocycles. The van der Waals surface area contributed by atoms with Crippen molar-refractivity contribution < 1.29 is 19.1 Å². The van der Waals surface area contributed by atoms with Gasteiger partial charge in [0.1, 0.15) is 11.5 Å². The van der Waals surface area contributed by atoms with E-state index >= 15 is 0 Å². The van der Waals surface area contributed by atoms with E-state index in [2.05, 4.69) is 25.8 Å². The summed E-state index contributed by atoms with van der Waals surface area (Å²) >= 11 is 1.05. The second kappa shape index (κ2) is 10.8. The first kappa shape index (κ1) is 24.8. The van der Waals surface area contributed by atoms with E-state index in [1.165, 1.54) is 21.1 Å². The summed E-state index contributed by atoms with van der Waals surface area (Å²) in [4.78, 5) is 39.6. The number of nitrogens with one attached hydrogen (secondary N) is 3. The van der Waals surface area contributed by atoms with Crippen molar-refractivity contribution in [2.45, 2.75) is 31.2 Å². The summed E-state index contributed by atoms with van der Waals surface area (Å²) in [5, 5.41) is 13.2. The van der Waals surface area contributed by atoms with E-state index in [-0.39, 0.29) is 22.7 Å². The molecule has 3 rings (SSSR count). The Balaban J connectivity index is 1.77. The number of methoxy groups -OCH3 is 2. The van der Waals surface area contributed by atoms with Crippen LogP contribution in [0.4, 0.5) is 11.4 Å². The SMILES string of the molecule is COc1cc(NC(=O)[C@H](C)Sc2nnc(-c3cc(C)ccc3NC(C)=O)c(=O)[nH]2)cc(OC)c1. The summed E-state index contributed by atoms with van der Waals surface area (Å²) in [6.45, 7) is 4.93. The molecule has 178 valence electrons. The number of H-pyrrole nitrogens is 1. The standard InChI is InChI=1S/C23H25N5O5S/c1-12-6-7-19(24-14(3)29)18(8-12)20-22(31)26-23(28-27-20)34-13(2)21(30)25-15-9-16(32-4)11-17(10-15)33-5/h6-11,13H,1-5H3,(H,24,29)(H,25,30)(H,26,28,31)/t13-/m0/s1. The summed E-state index contributed by atoms with van der Waals surface area (Å²) in [6, 6.07) is 10.3. The molecular formula is C23H25N5O5S. The molecule has 0 aliphatic carbocycles. The van der Waals surface area contributed by atoms with Gasteiger partial charge >= 0.3 is 0 Å². The van der Waals surface area contributed by atoms with Gasteiger partial charge in [-0.2, -0.15) is 0 Å². The minimum absolute atomic E-state index is 0.0670. The Kier molecular flexibility index (Phi) is 7.90. The fourth-order valence-electron chi connectivity index (χ4n) is 3.05. The van der Waals surface area contributed by atoms with Crippen molar-refractivity contribution in [2.75, 3.05) is 24.9 Å². The predicted molar refractivity (Wildman–Crippen MR) is 131 cm³/mol. The van der Waals surface area contributed by atoms with Crippen molar-refractivity contribution >= 4 is 35.0 Å². The summed E-state index contributed by atoms with van der Waals surface area (Å²) in [5.74, 6) is 0.500. The number of aryl methyl sites for hydroxylation is 1. The first-order valence-corrected chi connectivity index (χ1v) is 11.1. The second-order valence-corrected chi connectivity index (χ2v) is 8.72. The number of amides is 2. The summed E-state index contributed by atoms with van der Waals surface area (Å²) in [6.07, 6.45) is 0. The van der Waals surface area contributed by atoms with Gasteiger partial charge in [0.05, 0.1) is 25.2 Å². The van der Waals surface area contributed by atoms with Crippen molar-refractivity contribution in [1.29, 1.82) is 0 Å². The molecule has 0 saturated heterocycles. The van der Waals surface area contributed by atoms with E-state index in [1.807, 2.05) is 13.0 Å². The van der Waals surface area contributed by atoms with E-state index in [1.54, 1.807) is 37.3 Å². The lowest BCUT2D eigenvalue weighted by molar-refractivity contribution is -0.115. The highest BCUT2D eigenvalue weighted by atomic mass is 32.2. The molecule has 1 atom stereocenters. The Morgan fingerprint density at radius 3 is 2.29 bits per heavy atom. The van der Waals surface area contributed by atoms with Crippen LogP contribution in [-0.4, -0.2) is 46.5 Å². The van der Waals surface area contributed by atoms with Crippen molar-refractivity contribution in [3.05, 3.63) is 52.3 Å². The summed E-state index contributed by atoms with van der Waals surface area (Å²) < 4.78 is 10.4. The van der Waals surface area contributed by atoms with Crippen LogP contribution in [0.5, 0.6) is 11.5 Å². The first-order valence-electron chi connectivity index (χ1n) is 10.3. The van der Waals surface area contributed by atoms with Gasteiger partial charge in [-0.15, -0.1) is 10.2 Å². The normalized spacial score (nSPS) is 11.4. The number of anilines is 2. The zero-order valence-electron chi connectivity index (χ0n) is 19.4. The fourth-order valence-corrected chi connectivity index (χ4v) is 3.79. The molecule has 0 bridgehead atoms. The van der Waals surface area contributed by atoms with E-state index in [0.717, 1.165) is 17.3 Å². The summed E-state index contributed by atoms with van der Waals surface area (Å²) in [7, 11) is 3.04. The Bertz CT molecular complexity index is 1250. The number of aromatic amines is 1. The monoisotopic (exact) mass is 483 g/mol. The van der Waals surface area contributed by atoms with Crippen LogP contribution < -0.4 is 25.7 Å². The first-order chi connectivity index (χ1) is 16.2. The van der Waals surface area contributed by atoms with Crippen LogP contribution in [-0.2, 0) is 9.59 Å². The van der Waals surface area contributed by atoms with Crippen LogP contribution in [0.25, 0.3) is 11.3 Å². The molecule has 3 aromatic rings. The number of carbonyl (C=O) groups is 2. The van der Waals surface area contributed by atoms with Crippen molar-refractivity contribution in [2.24, 2.45) is 0 Å². The van der Waals surface area contributed by atoms with E-state index in [4.69, 9.17) is 9.47 Å². The van der Waals surface area contributed by atoms with Crippen molar-refractivity contribution in [3.63, 3.8) is 0 Å². The lowest BCUT2D eigenvalue weighted by Gasteiger charge is -2.13. The average Bonchev–Trinajstić information content (AvgIpc) is 2.79. The quantitative estimate of drug-likeness (QED) is 0.416. The Morgan fingerprint density at radius 2 is 1.71 bits per heavy atom. The van der Waals surface area contributed by atoms with Crippen LogP contribution in [0, 0.1) is 6.92 Å². The smallest absolute Gasteiger partial charge is 0.278 e. The Hall–Kier alpha value is -3.86. The van der Waals surface area contributed by atoms with Crippen LogP contribution >= 0.6 is 11.8 Å². The molecule has 34 heavy (non-hydrogen) atoms. The molecule has 0 radical (unpaired) electrons. The topological polar surface area (TPSA) is 135 Å². The van der Waals surface area contributed by atoms with Crippen molar-refractivity contribution in [3.8, 4) is 22.8 Å². The average molecular weight is 484 g/mol. The zero-order valence-corrected chi connectivity index (χ0v) is 20.2.